The molecule has 6 nitrogen and oxygen atoms in total. The van der Waals surface area contributed by atoms with Crippen molar-refractivity contribution in [1.82, 2.24) is 4.90 Å². The van der Waals surface area contributed by atoms with Crippen molar-refractivity contribution in [2.24, 2.45) is 5.73 Å². The van der Waals surface area contributed by atoms with Crippen molar-refractivity contribution >= 4 is 11.9 Å². The fourth-order valence-corrected chi connectivity index (χ4v) is 1.11. The maximum atomic E-state index is 11.6. The average molecular weight is 218 g/mol. The standard InChI is InChI=1S/C9H18N2O4/c1-3-11(6-8(12)13)9(14)7(10)4-5-15-2/h7H,3-6,10H2,1-2H3,(H,12,13). The molecule has 1 unspecified atom stereocenters. The van der Waals surface area contributed by atoms with E-state index in [1.807, 2.05) is 0 Å². The van der Waals surface area contributed by atoms with Crippen molar-refractivity contribution in [1.29, 1.82) is 0 Å². The lowest BCUT2D eigenvalue weighted by molar-refractivity contribution is -0.145. The summed E-state index contributed by atoms with van der Waals surface area (Å²) >= 11 is 0. The van der Waals surface area contributed by atoms with Gasteiger partial charge in [0.2, 0.25) is 5.91 Å². The van der Waals surface area contributed by atoms with Gasteiger partial charge in [0.15, 0.2) is 0 Å². The highest BCUT2D eigenvalue weighted by Gasteiger charge is 2.21. The number of rotatable bonds is 7. The third-order valence-electron chi connectivity index (χ3n) is 1.97. The zero-order valence-electron chi connectivity index (χ0n) is 9.10. The second-order valence-corrected chi connectivity index (χ2v) is 3.13. The Kier molecular flexibility index (Phi) is 6.64. The Hall–Kier alpha value is -1.14. The summed E-state index contributed by atoms with van der Waals surface area (Å²) in [6, 6.07) is -0.691. The average Bonchev–Trinajstić information content (AvgIpc) is 2.21. The zero-order valence-corrected chi connectivity index (χ0v) is 9.10. The molecule has 0 fully saturated rings. The first-order valence-electron chi connectivity index (χ1n) is 4.78. The van der Waals surface area contributed by atoms with E-state index in [1.165, 1.54) is 12.0 Å². The van der Waals surface area contributed by atoms with Gasteiger partial charge >= 0.3 is 5.97 Å². The molecule has 0 spiro atoms. The first-order chi connectivity index (χ1) is 7.02. The monoisotopic (exact) mass is 218 g/mol. The number of carboxylic acids is 1. The molecule has 0 aliphatic rings. The molecule has 0 radical (unpaired) electrons. The van der Waals surface area contributed by atoms with Crippen molar-refractivity contribution < 1.29 is 19.4 Å². The van der Waals surface area contributed by atoms with Crippen molar-refractivity contribution in [2.75, 3.05) is 26.8 Å². The predicted octanol–water partition coefficient (Wildman–Crippen LogP) is -0.717. The van der Waals surface area contributed by atoms with E-state index in [9.17, 15) is 9.59 Å². The highest BCUT2D eigenvalue weighted by Crippen LogP contribution is 1.97. The predicted molar refractivity (Wildman–Crippen MR) is 54.4 cm³/mol. The molecule has 15 heavy (non-hydrogen) atoms. The smallest absolute Gasteiger partial charge is 0.323 e. The van der Waals surface area contributed by atoms with Gasteiger partial charge in [0.1, 0.15) is 6.54 Å². The Morgan fingerprint density at radius 3 is 2.53 bits per heavy atom. The largest absolute Gasteiger partial charge is 0.480 e. The number of methoxy groups -OCH3 is 1. The lowest BCUT2D eigenvalue weighted by atomic mass is 10.2. The Bertz CT molecular complexity index is 220. The van der Waals surface area contributed by atoms with Gasteiger partial charge in [-0.2, -0.15) is 0 Å². The van der Waals surface area contributed by atoms with E-state index < -0.39 is 12.0 Å². The lowest BCUT2D eigenvalue weighted by Gasteiger charge is -2.22. The second-order valence-electron chi connectivity index (χ2n) is 3.13. The van der Waals surface area contributed by atoms with Crippen LogP contribution in [-0.2, 0) is 14.3 Å². The van der Waals surface area contributed by atoms with E-state index in [0.29, 0.717) is 19.6 Å². The van der Waals surface area contributed by atoms with Crippen molar-refractivity contribution in [3.05, 3.63) is 0 Å². The third kappa shape index (κ3) is 5.34. The van der Waals surface area contributed by atoms with Crippen LogP contribution in [0.5, 0.6) is 0 Å². The molecule has 3 N–H and O–H groups in total. The van der Waals surface area contributed by atoms with E-state index in [0.717, 1.165) is 0 Å². The maximum Gasteiger partial charge on any atom is 0.323 e. The molecule has 0 heterocycles. The van der Waals surface area contributed by atoms with E-state index in [-0.39, 0.29) is 12.5 Å². The van der Waals surface area contributed by atoms with Gasteiger partial charge in [0.05, 0.1) is 6.04 Å². The summed E-state index contributed by atoms with van der Waals surface area (Å²) in [5, 5.41) is 8.56. The quantitative estimate of drug-likeness (QED) is 0.588. The zero-order chi connectivity index (χ0) is 11.8. The van der Waals surface area contributed by atoms with Crippen LogP contribution in [0, 0.1) is 0 Å². The van der Waals surface area contributed by atoms with Gasteiger partial charge in [-0.25, -0.2) is 0 Å². The summed E-state index contributed by atoms with van der Waals surface area (Å²) in [6.07, 6.45) is 0.394. The van der Waals surface area contributed by atoms with Crippen LogP contribution in [0.2, 0.25) is 0 Å². The highest BCUT2D eigenvalue weighted by atomic mass is 16.5. The molecule has 0 bridgehead atoms. The summed E-state index contributed by atoms with van der Waals surface area (Å²) in [5.74, 6) is -1.39. The SMILES string of the molecule is CCN(CC(=O)O)C(=O)C(N)CCOC. The Labute approximate surface area is 89.0 Å². The molecular formula is C9H18N2O4. The molecule has 0 aromatic heterocycles. The Balaban J connectivity index is 4.17. The normalized spacial score (nSPS) is 12.2. The number of carbonyl (C=O) groups is 2. The molecular weight excluding hydrogens is 200 g/mol. The lowest BCUT2D eigenvalue weighted by Crippen LogP contribution is -2.46. The minimum Gasteiger partial charge on any atom is -0.480 e. The van der Waals surface area contributed by atoms with Crippen molar-refractivity contribution in [3.8, 4) is 0 Å². The molecule has 6 heteroatoms. The van der Waals surface area contributed by atoms with Crippen LogP contribution in [0.25, 0.3) is 0 Å². The van der Waals surface area contributed by atoms with Crippen molar-refractivity contribution in [3.63, 3.8) is 0 Å². The topological polar surface area (TPSA) is 92.9 Å². The summed E-state index contributed by atoms with van der Waals surface area (Å²) in [5.41, 5.74) is 5.59. The first-order valence-corrected chi connectivity index (χ1v) is 4.78. The fraction of sp³-hybridized carbons (Fsp3) is 0.778. The number of nitrogens with two attached hydrogens (primary N) is 1. The highest BCUT2D eigenvalue weighted by molar-refractivity contribution is 5.85. The van der Waals surface area contributed by atoms with Gasteiger partial charge in [-0.15, -0.1) is 0 Å². The Morgan fingerprint density at radius 2 is 2.13 bits per heavy atom. The summed E-state index contributed by atoms with van der Waals surface area (Å²) < 4.78 is 4.79. The number of hydrogen-bond acceptors (Lipinski definition) is 4. The summed E-state index contributed by atoms with van der Waals surface area (Å²) in [4.78, 5) is 23.3. The number of likely N-dealkylation sites (N-methyl/N-ethyl adjacent to an activating group) is 1. The van der Waals surface area contributed by atoms with E-state index in [4.69, 9.17) is 15.6 Å². The minimum atomic E-state index is -1.04. The van der Waals surface area contributed by atoms with Gasteiger partial charge in [-0.3, -0.25) is 9.59 Å². The molecule has 0 saturated heterocycles. The Morgan fingerprint density at radius 1 is 1.53 bits per heavy atom. The third-order valence-corrected chi connectivity index (χ3v) is 1.97. The molecule has 88 valence electrons. The molecule has 0 aromatic carbocycles. The van der Waals surface area contributed by atoms with Gasteiger partial charge in [-0.1, -0.05) is 0 Å². The van der Waals surface area contributed by atoms with Gasteiger partial charge in [0, 0.05) is 20.3 Å². The van der Waals surface area contributed by atoms with Crippen LogP contribution in [-0.4, -0.2) is 54.7 Å². The number of carboxylic acid groups (broad SMARTS) is 1. The van der Waals surface area contributed by atoms with Gasteiger partial charge in [-0.05, 0) is 13.3 Å². The molecule has 0 aliphatic heterocycles. The fourth-order valence-electron chi connectivity index (χ4n) is 1.11. The maximum absolute atomic E-state index is 11.6. The van der Waals surface area contributed by atoms with Gasteiger partial charge < -0.3 is 20.5 Å². The number of ether oxygens (including phenoxy) is 1. The van der Waals surface area contributed by atoms with E-state index >= 15 is 0 Å². The molecule has 0 rings (SSSR count). The van der Waals surface area contributed by atoms with Crippen LogP contribution < -0.4 is 5.73 Å². The molecule has 1 atom stereocenters. The van der Waals surface area contributed by atoms with Gasteiger partial charge in [0.25, 0.3) is 0 Å². The molecule has 0 aliphatic carbocycles. The van der Waals surface area contributed by atoms with Crippen LogP contribution in [0.4, 0.5) is 0 Å². The molecule has 0 aromatic rings. The van der Waals surface area contributed by atoms with Crippen LogP contribution in [0.3, 0.4) is 0 Å². The number of hydrogen-bond donors (Lipinski definition) is 2. The summed E-state index contributed by atoms with van der Waals surface area (Å²) in [6.45, 7) is 2.13. The number of nitrogens with zero attached hydrogens (tertiary/aromatic N) is 1. The minimum absolute atomic E-state index is 0.310. The molecule has 0 saturated carbocycles. The number of carbonyl (C=O) groups excluding carboxylic acids is 1. The number of aliphatic carboxylic acids is 1. The second kappa shape index (κ2) is 7.19. The van der Waals surface area contributed by atoms with E-state index in [1.54, 1.807) is 6.92 Å². The van der Waals surface area contributed by atoms with E-state index in [2.05, 4.69) is 0 Å². The van der Waals surface area contributed by atoms with Crippen LogP contribution >= 0.6 is 0 Å². The van der Waals surface area contributed by atoms with Crippen molar-refractivity contribution in [2.45, 2.75) is 19.4 Å². The van der Waals surface area contributed by atoms with Crippen LogP contribution in [0.1, 0.15) is 13.3 Å². The first kappa shape index (κ1) is 13.9. The summed E-state index contributed by atoms with van der Waals surface area (Å²) in [7, 11) is 1.52. The molecule has 1 amide bonds. The number of amides is 1. The van der Waals surface area contributed by atoms with Crippen LogP contribution in [0.15, 0.2) is 0 Å².